The number of nitrogens with zero attached hydrogens (tertiary/aromatic N) is 1. The zero-order valence-corrected chi connectivity index (χ0v) is 9.57. The van der Waals surface area contributed by atoms with Crippen molar-refractivity contribution < 1.29 is 9.47 Å². The quantitative estimate of drug-likeness (QED) is 0.860. The van der Waals surface area contributed by atoms with Crippen molar-refractivity contribution in [3.05, 3.63) is 30.0 Å². The molecule has 1 aromatic heterocycles. The van der Waals surface area contributed by atoms with Crippen LogP contribution in [0.3, 0.4) is 0 Å². The van der Waals surface area contributed by atoms with Crippen LogP contribution in [0, 0.1) is 6.92 Å². The molecule has 0 amide bonds. The summed E-state index contributed by atoms with van der Waals surface area (Å²) >= 11 is 0. The average Bonchev–Trinajstić information content (AvgIpc) is 2.77. The van der Waals surface area contributed by atoms with Gasteiger partial charge in [0.1, 0.15) is 5.75 Å². The number of nitrogens with one attached hydrogen (secondary N) is 1. The highest BCUT2D eigenvalue weighted by atomic mass is 16.5. The smallest absolute Gasteiger partial charge is 0.293 e. The first kappa shape index (κ1) is 10.5. The lowest BCUT2D eigenvalue weighted by Gasteiger charge is -2.07. The van der Waals surface area contributed by atoms with Crippen molar-refractivity contribution in [3.63, 3.8) is 0 Å². The molecule has 0 aliphatic heterocycles. The molecular weight excluding hydrogens is 204 g/mol. The fourth-order valence-corrected chi connectivity index (χ4v) is 1.58. The number of H-pyrrole nitrogens is 1. The van der Waals surface area contributed by atoms with Gasteiger partial charge < -0.3 is 14.5 Å². The summed E-state index contributed by atoms with van der Waals surface area (Å²) in [6.45, 7) is 2.04. The predicted octanol–water partition coefficient (Wildman–Crippen LogP) is 2.40. The number of rotatable bonds is 3. The normalized spacial score (nSPS) is 10.2. The number of aromatic amines is 1. The van der Waals surface area contributed by atoms with E-state index in [2.05, 4.69) is 9.97 Å². The molecule has 0 saturated heterocycles. The molecule has 84 valence electrons. The Morgan fingerprint density at radius 3 is 2.62 bits per heavy atom. The predicted molar refractivity (Wildman–Crippen MR) is 61.9 cm³/mol. The van der Waals surface area contributed by atoms with Gasteiger partial charge in [0, 0.05) is 5.56 Å². The summed E-state index contributed by atoms with van der Waals surface area (Å²) in [5, 5.41) is 0. The van der Waals surface area contributed by atoms with Crippen molar-refractivity contribution in [2.75, 3.05) is 14.2 Å². The molecule has 2 rings (SSSR count). The first-order chi connectivity index (χ1) is 7.74. The molecule has 0 atom stereocenters. The van der Waals surface area contributed by atoms with Gasteiger partial charge in [0.25, 0.3) is 6.01 Å². The van der Waals surface area contributed by atoms with Crippen molar-refractivity contribution in [1.82, 2.24) is 9.97 Å². The van der Waals surface area contributed by atoms with Crippen LogP contribution in [-0.2, 0) is 0 Å². The third-order valence-electron chi connectivity index (χ3n) is 2.39. The third kappa shape index (κ3) is 1.86. The second-order valence-corrected chi connectivity index (χ2v) is 3.51. The van der Waals surface area contributed by atoms with E-state index in [0.717, 1.165) is 17.0 Å². The van der Waals surface area contributed by atoms with Gasteiger partial charge in [-0.15, -0.1) is 0 Å². The Morgan fingerprint density at radius 2 is 2.00 bits per heavy atom. The zero-order chi connectivity index (χ0) is 11.5. The largest absolute Gasteiger partial charge is 0.496 e. The molecule has 0 unspecified atom stereocenters. The van der Waals surface area contributed by atoms with Crippen LogP contribution in [-0.4, -0.2) is 24.2 Å². The molecule has 16 heavy (non-hydrogen) atoms. The molecule has 4 nitrogen and oxygen atoms in total. The minimum absolute atomic E-state index is 0.499. The Labute approximate surface area is 94.2 Å². The second kappa shape index (κ2) is 4.26. The lowest BCUT2D eigenvalue weighted by Crippen LogP contribution is -1.89. The van der Waals surface area contributed by atoms with Crippen LogP contribution in [0.4, 0.5) is 0 Å². The van der Waals surface area contributed by atoms with E-state index in [9.17, 15) is 0 Å². The van der Waals surface area contributed by atoms with E-state index < -0.39 is 0 Å². The summed E-state index contributed by atoms with van der Waals surface area (Å²) in [7, 11) is 3.23. The summed E-state index contributed by atoms with van der Waals surface area (Å²) in [6, 6.07) is 6.50. The standard InChI is InChI=1S/C12H14N2O2/c1-8-4-5-11(15-2)9(6-8)10-7-13-12(14-10)16-3/h4-7H,1-3H3,(H,13,14). The van der Waals surface area contributed by atoms with E-state index in [0.29, 0.717) is 6.01 Å². The fraction of sp³-hybridized carbons (Fsp3) is 0.250. The van der Waals surface area contributed by atoms with Gasteiger partial charge in [0.05, 0.1) is 26.1 Å². The van der Waals surface area contributed by atoms with Gasteiger partial charge in [0.2, 0.25) is 0 Å². The van der Waals surface area contributed by atoms with E-state index in [4.69, 9.17) is 9.47 Å². The van der Waals surface area contributed by atoms with E-state index in [1.807, 2.05) is 25.1 Å². The van der Waals surface area contributed by atoms with Gasteiger partial charge in [-0.25, -0.2) is 4.98 Å². The Bertz CT molecular complexity index is 492. The number of aryl methyl sites for hydroxylation is 1. The topological polar surface area (TPSA) is 47.1 Å². The SMILES string of the molecule is COc1ncc(-c2cc(C)ccc2OC)[nH]1. The Hall–Kier alpha value is -1.97. The highest BCUT2D eigenvalue weighted by Crippen LogP contribution is 2.30. The van der Waals surface area contributed by atoms with Crippen molar-refractivity contribution in [2.45, 2.75) is 6.92 Å². The number of benzene rings is 1. The van der Waals surface area contributed by atoms with Gasteiger partial charge in [-0.2, -0.15) is 0 Å². The molecule has 0 aliphatic rings. The second-order valence-electron chi connectivity index (χ2n) is 3.51. The van der Waals surface area contributed by atoms with Gasteiger partial charge >= 0.3 is 0 Å². The molecule has 1 N–H and O–H groups in total. The average molecular weight is 218 g/mol. The summed E-state index contributed by atoms with van der Waals surface area (Å²) in [5.41, 5.74) is 3.04. The number of ether oxygens (including phenoxy) is 2. The summed E-state index contributed by atoms with van der Waals surface area (Å²) < 4.78 is 10.3. The maximum Gasteiger partial charge on any atom is 0.293 e. The fourth-order valence-electron chi connectivity index (χ4n) is 1.58. The van der Waals surface area contributed by atoms with Crippen LogP contribution in [0.5, 0.6) is 11.8 Å². The summed E-state index contributed by atoms with van der Waals surface area (Å²) in [5.74, 6) is 0.817. The number of methoxy groups -OCH3 is 2. The van der Waals surface area contributed by atoms with Crippen LogP contribution in [0.1, 0.15) is 5.56 Å². The molecule has 0 bridgehead atoms. The molecule has 1 heterocycles. The van der Waals surface area contributed by atoms with E-state index in [1.54, 1.807) is 20.4 Å². The molecule has 0 fully saturated rings. The minimum Gasteiger partial charge on any atom is -0.496 e. The van der Waals surface area contributed by atoms with Crippen molar-refractivity contribution in [1.29, 1.82) is 0 Å². The first-order valence-electron chi connectivity index (χ1n) is 4.98. The van der Waals surface area contributed by atoms with Crippen LogP contribution in [0.15, 0.2) is 24.4 Å². The maximum atomic E-state index is 5.31. The van der Waals surface area contributed by atoms with E-state index in [-0.39, 0.29) is 0 Å². The molecule has 0 aliphatic carbocycles. The minimum atomic E-state index is 0.499. The maximum absolute atomic E-state index is 5.31. The Morgan fingerprint density at radius 1 is 1.19 bits per heavy atom. The molecule has 1 aromatic carbocycles. The molecule has 0 radical (unpaired) electrons. The van der Waals surface area contributed by atoms with Gasteiger partial charge in [-0.05, 0) is 19.1 Å². The van der Waals surface area contributed by atoms with Crippen LogP contribution in [0.2, 0.25) is 0 Å². The summed E-state index contributed by atoms with van der Waals surface area (Å²) in [4.78, 5) is 7.15. The molecule has 2 aromatic rings. The summed E-state index contributed by atoms with van der Waals surface area (Å²) in [6.07, 6.45) is 1.73. The number of hydrogen-bond donors (Lipinski definition) is 1. The highest BCUT2D eigenvalue weighted by molar-refractivity contribution is 5.67. The van der Waals surface area contributed by atoms with Crippen molar-refractivity contribution in [2.24, 2.45) is 0 Å². The van der Waals surface area contributed by atoms with Gasteiger partial charge in [-0.3, -0.25) is 0 Å². The third-order valence-corrected chi connectivity index (χ3v) is 2.39. The van der Waals surface area contributed by atoms with Crippen LogP contribution in [0.25, 0.3) is 11.3 Å². The van der Waals surface area contributed by atoms with Gasteiger partial charge in [-0.1, -0.05) is 11.6 Å². The highest BCUT2D eigenvalue weighted by Gasteiger charge is 2.09. The Kier molecular flexibility index (Phi) is 2.81. The lowest BCUT2D eigenvalue weighted by molar-refractivity contribution is 0.384. The molecule has 0 saturated carbocycles. The van der Waals surface area contributed by atoms with Crippen molar-refractivity contribution >= 4 is 0 Å². The van der Waals surface area contributed by atoms with Crippen molar-refractivity contribution in [3.8, 4) is 23.0 Å². The van der Waals surface area contributed by atoms with E-state index in [1.165, 1.54) is 5.56 Å². The number of imidazole rings is 1. The molecule has 4 heteroatoms. The van der Waals surface area contributed by atoms with E-state index >= 15 is 0 Å². The van der Waals surface area contributed by atoms with Crippen LogP contribution < -0.4 is 9.47 Å². The number of aromatic nitrogens is 2. The molecule has 0 spiro atoms. The van der Waals surface area contributed by atoms with Crippen LogP contribution >= 0.6 is 0 Å². The molecular formula is C12H14N2O2. The monoisotopic (exact) mass is 218 g/mol. The van der Waals surface area contributed by atoms with Gasteiger partial charge in [0.15, 0.2) is 0 Å². The zero-order valence-electron chi connectivity index (χ0n) is 9.57. The number of hydrogen-bond acceptors (Lipinski definition) is 3. The Balaban J connectivity index is 2.49. The first-order valence-corrected chi connectivity index (χ1v) is 4.98. The lowest BCUT2D eigenvalue weighted by atomic mass is 10.1.